The smallest absolute Gasteiger partial charge is 0.338 e. The monoisotopic (exact) mass is 348 g/mol. The predicted octanol–water partition coefficient (Wildman–Crippen LogP) is 0.964. The number of hydrogen-bond donors (Lipinski definition) is 4. The second kappa shape index (κ2) is 8.02. The lowest BCUT2D eigenvalue weighted by Gasteiger charge is -2.11. The molecule has 2 aromatic rings. The standard InChI is InChI=1S/C14H16N6O3S/c1-3-23-12(22)9-4-6-10(7-5-9)15-14(24)20-19-13-16-11(21)8(2)17-18-13/h4-7H,3H2,1-2H3,(H2,15,20,24)(H2,16,18,19,21). The Morgan fingerprint density at radius 2 is 2.00 bits per heavy atom. The average Bonchev–Trinajstić information content (AvgIpc) is 2.57. The molecule has 2 rings (SSSR count). The Morgan fingerprint density at radius 1 is 1.29 bits per heavy atom. The topological polar surface area (TPSA) is 121 Å². The number of thiocarbonyl (C=S) groups is 1. The molecule has 1 heterocycles. The average molecular weight is 348 g/mol. The zero-order valence-electron chi connectivity index (χ0n) is 13.0. The van der Waals surface area contributed by atoms with Gasteiger partial charge in [-0.25, -0.2) is 4.79 Å². The minimum absolute atomic E-state index is 0.132. The van der Waals surface area contributed by atoms with Gasteiger partial charge < -0.3 is 10.1 Å². The first-order chi connectivity index (χ1) is 11.5. The van der Waals surface area contributed by atoms with Gasteiger partial charge in [0.05, 0.1) is 12.2 Å². The fourth-order valence-corrected chi connectivity index (χ4v) is 1.80. The summed E-state index contributed by atoms with van der Waals surface area (Å²) < 4.78 is 4.91. The van der Waals surface area contributed by atoms with E-state index in [-0.39, 0.29) is 28.3 Å². The van der Waals surface area contributed by atoms with Crippen molar-refractivity contribution in [3.8, 4) is 0 Å². The summed E-state index contributed by atoms with van der Waals surface area (Å²) in [6, 6.07) is 6.63. The number of benzene rings is 1. The summed E-state index contributed by atoms with van der Waals surface area (Å²) in [6.45, 7) is 3.62. The number of H-pyrrole nitrogens is 1. The summed E-state index contributed by atoms with van der Waals surface area (Å²) in [5.74, 6) is -0.249. The van der Waals surface area contributed by atoms with E-state index < -0.39 is 0 Å². The van der Waals surface area contributed by atoms with Gasteiger partial charge in [0.25, 0.3) is 5.56 Å². The van der Waals surface area contributed by atoms with E-state index in [1.165, 1.54) is 0 Å². The number of nitrogens with zero attached hydrogens (tertiary/aromatic N) is 2. The fourth-order valence-electron chi connectivity index (χ4n) is 1.63. The first-order valence-electron chi connectivity index (χ1n) is 7.03. The Balaban J connectivity index is 1.89. The van der Waals surface area contributed by atoms with Gasteiger partial charge in [-0.3, -0.25) is 20.6 Å². The second-order valence-corrected chi connectivity index (χ2v) is 5.00. The third-order valence-electron chi connectivity index (χ3n) is 2.81. The summed E-state index contributed by atoms with van der Waals surface area (Å²) in [7, 11) is 0. The van der Waals surface area contributed by atoms with Gasteiger partial charge in [0.15, 0.2) is 5.11 Å². The molecular formula is C14H16N6O3S. The molecule has 4 N–H and O–H groups in total. The van der Waals surface area contributed by atoms with Crippen LogP contribution in [0.3, 0.4) is 0 Å². The molecule has 0 aliphatic carbocycles. The number of carbonyl (C=O) groups is 1. The van der Waals surface area contributed by atoms with Gasteiger partial charge in [0.1, 0.15) is 5.69 Å². The van der Waals surface area contributed by atoms with Crippen molar-refractivity contribution in [2.45, 2.75) is 13.8 Å². The van der Waals surface area contributed by atoms with Gasteiger partial charge in [-0.2, -0.15) is 0 Å². The highest BCUT2D eigenvalue weighted by Gasteiger charge is 2.06. The summed E-state index contributed by atoms with van der Waals surface area (Å²) in [5, 5.41) is 10.6. The van der Waals surface area contributed by atoms with E-state index in [0.29, 0.717) is 17.9 Å². The maximum Gasteiger partial charge on any atom is 0.338 e. The Labute approximate surface area is 142 Å². The minimum atomic E-state index is -0.381. The lowest BCUT2D eigenvalue weighted by molar-refractivity contribution is 0.0526. The van der Waals surface area contributed by atoms with Crippen LogP contribution in [0.2, 0.25) is 0 Å². The molecule has 1 aromatic carbocycles. The van der Waals surface area contributed by atoms with Crippen LogP contribution in [0, 0.1) is 6.92 Å². The van der Waals surface area contributed by atoms with Crippen LogP contribution in [0.15, 0.2) is 29.1 Å². The second-order valence-electron chi connectivity index (χ2n) is 4.59. The van der Waals surface area contributed by atoms with Gasteiger partial charge in [0, 0.05) is 5.69 Å². The van der Waals surface area contributed by atoms with E-state index in [9.17, 15) is 9.59 Å². The van der Waals surface area contributed by atoms with E-state index >= 15 is 0 Å². The number of carbonyl (C=O) groups excluding carboxylic acids is 1. The van der Waals surface area contributed by atoms with Crippen molar-refractivity contribution in [3.63, 3.8) is 0 Å². The largest absolute Gasteiger partial charge is 0.462 e. The molecule has 10 heteroatoms. The van der Waals surface area contributed by atoms with Gasteiger partial charge in [0.2, 0.25) is 5.95 Å². The molecule has 0 aliphatic rings. The number of hydrazine groups is 1. The van der Waals surface area contributed by atoms with Crippen LogP contribution in [-0.2, 0) is 4.74 Å². The molecule has 0 aliphatic heterocycles. The van der Waals surface area contributed by atoms with Crippen molar-refractivity contribution in [2.75, 3.05) is 17.3 Å². The lowest BCUT2D eigenvalue weighted by atomic mass is 10.2. The lowest BCUT2D eigenvalue weighted by Crippen LogP contribution is -2.35. The Bertz CT molecular complexity index is 790. The molecule has 0 amide bonds. The highest BCUT2D eigenvalue weighted by Crippen LogP contribution is 2.10. The summed E-state index contributed by atoms with van der Waals surface area (Å²) in [5.41, 5.74) is 6.32. The normalized spacial score (nSPS) is 9.92. The molecule has 0 atom stereocenters. The van der Waals surface area contributed by atoms with Crippen molar-refractivity contribution >= 4 is 34.9 Å². The van der Waals surface area contributed by atoms with E-state index in [4.69, 9.17) is 17.0 Å². The Kier molecular flexibility index (Phi) is 5.79. The van der Waals surface area contributed by atoms with Crippen LogP contribution >= 0.6 is 12.2 Å². The molecular weight excluding hydrogens is 332 g/mol. The van der Waals surface area contributed by atoms with Crippen molar-refractivity contribution < 1.29 is 9.53 Å². The molecule has 0 saturated carbocycles. The highest BCUT2D eigenvalue weighted by molar-refractivity contribution is 7.80. The molecule has 0 saturated heterocycles. The summed E-state index contributed by atoms with van der Waals surface area (Å²) in [4.78, 5) is 25.4. The first kappa shape index (κ1) is 17.3. The SMILES string of the molecule is CCOC(=O)c1ccc(NC(=S)NNc2nnc(C)c(=O)[nH]2)cc1. The molecule has 0 unspecified atom stereocenters. The Morgan fingerprint density at radius 3 is 2.62 bits per heavy atom. The molecule has 0 radical (unpaired) electrons. The van der Waals surface area contributed by atoms with Gasteiger partial charge in [-0.15, -0.1) is 10.2 Å². The molecule has 0 spiro atoms. The van der Waals surface area contributed by atoms with Crippen LogP contribution in [-0.4, -0.2) is 32.9 Å². The molecule has 126 valence electrons. The van der Waals surface area contributed by atoms with Crippen LogP contribution in [0.5, 0.6) is 0 Å². The Hall–Kier alpha value is -3.01. The minimum Gasteiger partial charge on any atom is -0.462 e. The number of hydrogen-bond acceptors (Lipinski definition) is 7. The van der Waals surface area contributed by atoms with E-state index in [1.54, 1.807) is 38.1 Å². The third kappa shape index (κ3) is 4.74. The predicted molar refractivity (Wildman–Crippen MR) is 92.8 cm³/mol. The zero-order chi connectivity index (χ0) is 17.5. The molecule has 0 bridgehead atoms. The van der Waals surface area contributed by atoms with Gasteiger partial charge >= 0.3 is 5.97 Å². The van der Waals surface area contributed by atoms with Crippen LogP contribution in [0.1, 0.15) is 23.0 Å². The first-order valence-corrected chi connectivity index (χ1v) is 7.44. The third-order valence-corrected chi connectivity index (χ3v) is 3.01. The van der Waals surface area contributed by atoms with Gasteiger partial charge in [-0.05, 0) is 50.3 Å². The maximum atomic E-state index is 11.6. The zero-order valence-corrected chi connectivity index (χ0v) is 13.9. The van der Waals surface area contributed by atoms with Crippen LogP contribution in [0.25, 0.3) is 0 Å². The molecule has 9 nitrogen and oxygen atoms in total. The van der Waals surface area contributed by atoms with E-state index in [0.717, 1.165) is 0 Å². The number of nitrogens with one attached hydrogen (secondary N) is 4. The number of esters is 1. The number of aryl methyl sites for hydroxylation is 1. The van der Waals surface area contributed by atoms with Crippen LogP contribution in [0.4, 0.5) is 11.6 Å². The van der Waals surface area contributed by atoms with Crippen molar-refractivity contribution in [1.82, 2.24) is 20.6 Å². The number of ether oxygens (including phenoxy) is 1. The van der Waals surface area contributed by atoms with Crippen molar-refractivity contribution in [2.24, 2.45) is 0 Å². The maximum absolute atomic E-state index is 11.6. The van der Waals surface area contributed by atoms with Gasteiger partial charge in [-0.1, -0.05) is 0 Å². The van der Waals surface area contributed by atoms with Crippen molar-refractivity contribution in [1.29, 1.82) is 0 Å². The number of anilines is 2. The summed E-state index contributed by atoms with van der Waals surface area (Å²) >= 11 is 5.10. The number of rotatable bonds is 5. The fraction of sp³-hybridized carbons (Fsp3) is 0.214. The summed E-state index contributed by atoms with van der Waals surface area (Å²) in [6.07, 6.45) is 0. The van der Waals surface area contributed by atoms with E-state index in [2.05, 4.69) is 31.3 Å². The molecule has 24 heavy (non-hydrogen) atoms. The molecule has 0 fully saturated rings. The molecule has 1 aromatic heterocycles. The highest BCUT2D eigenvalue weighted by atomic mass is 32.1. The number of aromatic amines is 1. The van der Waals surface area contributed by atoms with E-state index in [1.807, 2.05) is 0 Å². The number of aromatic nitrogens is 3. The quantitative estimate of drug-likeness (QED) is 0.356. The van der Waals surface area contributed by atoms with Crippen molar-refractivity contribution in [3.05, 3.63) is 45.9 Å². The van der Waals surface area contributed by atoms with Crippen LogP contribution < -0.4 is 21.7 Å².